The third kappa shape index (κ3) is 4.39. The van der Waals surface area contributed by atoms with Gasteiger partial charge in [-0.3, -0.25) is 0 Å². The summed E-state index contributed by atoms with van der Waals surface area (Å²) in [4.78, 5) is 23.2. The highest BCUT2D eigenvalue weighted by Gasteiger charge is 2.30. The molecule has 0 aliphatic carbocycles. The lowest BCUT2D eigenvalue weighted by Crippen LogP contribution is -2.45. The number of aliphatic carboxylic acids is 1. The summed E-state index contributed by atoms with van der Waals surface area (Å²) >= 11 is 1.85. The minimum Gasteiger partial charge on any atom is -0.479 e. The molecule has 2 unspecified atom stereocenters. The average molecular weight is 308 g/mol. The number of hydrogen-bond acceptors (Lipinski definition) is 3. The molecule has 0 bridgehead atoms. The Kier molecular flexibility index (Phi) is 5.12. The van der Waals surface area contributed by atoms with Gasteiger partial charge >= 0.3 is 12.0 Å². The normalized spacial score (nSPS) is 22.5. The van der Waals surface area contributed by atoms with Crippen molar-refractivity contribution in [2.45, 2.75) is 30.6 Å². The summed E-state index contributed by atoms with van der Waals surface area (Å²) < 4.78 is 0.0583. The number of carbonyl (C=O) groups excluding carboxylic acids is 1. The fraction of sp³-hybridized carbons (Fsp3) is 0.467. The number of thioether (sulfide) groups is 1. The van der Waals surface area contributed by atoms with Crippen LogP contribution in [0.5, 0.6) is 0 Å². The van der Waals surface area contributed by atoms with Crippen LogP contribution >= 0.6 is 11.8 Å². The van der Waals surface area contributed by atoms with Crippen molar-refractivity contribution >= 4 is 23.8 Å². The van der Waals surface area contributed by atoms with Crippen LogP contribution in [0.15, 0.2) is 30.3 Å². The third-order valence-electron chi connectivity index (χ3n) is 3.58. The van der Waals surface area contributed by atoms with E-state index >= 15 is 0 Å². The van der Waals surface area contributed by atoms with Crippen molar-refractivity contribution in [3.05, 3.63) is 35.9 Å². The van der Waals surface area contributed by atoms with E-state index in [-0.39, 0.29) is 4.75 Å². The van der Waals surface area contributed by atoms with Gasteiger partial charge in [-0.05, 0) is 31.1 Å². The first-order valence-electron chi connectivity index (χ1n) is 6.96. The SMILES string of the molecule is CC1(CNC(=O)NC(C(=O)O)c2ccccc2)CCCS1. The second-order valence-electron chi connectivity index (χ2n) is 5.41. The first kappa shape index (κ1) is 15.7. The topological polar surface area (TPSA) is 78.4 Å². The molecule has 2 rings (SSSR count). The van der Waals surface area contributed by atoms with Gasteiger partial charge in [0.25, 0.3) is 0 Å². The Labute approximate surface area is 128 Å². The fourth-order valence-electron chi connectivity index (χ4n) is 2.36. The van der Waals surface area contributed by atoms with Gasteiger partial charge < -0.3 is 15.7 Å². The first-order valence-corrected chi connectivity index (χ1v) is 7.95. The smallest absolute Gasteiger partial charge is 0.330 e. The zero-order chi connectivity index (χ0) is 15.3. The average Bonchev–Trinajstić information content (AvgIpc) is 2.90. The number of hydrogen-bond donors (Lipinski definition) is 3. The van der Waals surface area contributed by atoms with E-state index in [4.69, 9.17) is 0 Å². The molecule has 0 saturated carbocycles. The number of benzene rings is 1. The van der Waals surface area contributed by atoms with Gasteiger partial charge in [0.15, 0.2) is 6.04 Å². The Morgan fingerprint density at radius 1 is 1.38 bits per heavy atom. The van der Waals surface area contributed by atoms with Crippen molar-refractivity contribution in [1.82, 2.24) is 10.6 Å². The third-order valence-corrected chi connectivity index (χ3v) is 5.12. The molecule has 3 N–H and O–H groups in total. The van der Waals surface area contributed by atoms with Crippen LogP contribution in [0.2, 0.25) is 0 Å². The van der Waals surface area contributed by atoms with E-state index in [2.05, 4.69) is 17.6 Å². The molecule has 1 aliphatic rings. The number of carboxylic acids is 1. The summed E-state index contributed by atoms with van der Waals surface area (Å²) in [5.74, 6) is 0.0412. The quantitative estimate of drug-likeness (QED) is 0.780. The monoisotopic (exact) mass is 308 g/mol. The molecule has 21 heavy (non-hydrogen) atoms. The van der Waals surface area contributed by atoms with Gasteiger partial charge in [-0.2, -0.15) is 11.8 Å². The van der Waals surface area contributed by atoms with Crippen LogP contribution in [0.3, 0.4) is 0 Å². The van der Waals surface area contributed by atoms with Gasteiger partial charge in [0.1, 0.15) is 0 Å². The van der Waals surface area contributed by atoms with E-state index in [1.165, 1.54) is 0 Å². The number of rotatable bonds is 5. The molecule has 1 heterocycles. The summed E-state index contributed by atoms with van der Waals surface area (Å²) in [6.45, 7) is 2.67. The largest absolute Gasteiger partial charge is 0.479 e. The van der Waals surface area contributed by atoms with Gasteiger partial charge in [-0.25, -0.2) is 9.59 Å². The highest BCUT2D eigenvalue weighted by atomic mass is 32.2. The molecule has 6 heteroatoms. The maximum atomic E-state index is 11.9. The number of amides is 2. The van der Waals surface area contributed by atoms with E-state index < -0.39 is 18.0 Å². The standard InChI is InChI=1S/C15H20N2O3S/c1-15(8-5-9-21-15)10-16-14(20)17-12(13(18)19)11-6-3-2-4-7-11/h2-4,6-7,12H,5,8-10H2,1H3,(H,18,19)(H2,16,17,20). The molecule has 1 aromatic carbocycles. The van der Waals surface area contributed by atoms with Crippen LogP contribution in [0, 0.1) is 0 Å². The van der Waals surface area contributed by atoms with Crippen LogP contribution in [-0.4, -0.2) is 34.2 Å². The summed E-state index contributed by atoms with van der Waals surface area (Å²) in [6, 6.07) is 7.21. The summed E-state index contributed by atoms with van der Waals surface area (Å²) in [5, 5.41) is 14.6. The van der Waals surface area contributed by atoms with Crippen LogP contribution in [0.4, 0.5) is 4.79 Å². The summed E-state index contributed by atoms with van der Waals surface area (Å²) in [6.07, 6.45) is 2.23. The van der Waals surface area contributed by atoms with E-state index in [1.54, 1.807) is 30.3 Å². The predicted molar refractivity (Wildman–Crippen MR) is 83.5 cm³/mol. The van der Waals surface area contributed by atoms with Crippen molar-refractivity contribution in [1.29, 1.82) is 0 Å². The van der Waals surface area contributed by atoms with Crippen molar-refractivity contribution in [2.75, 3.05) is 12.3 Å². The molecule has 0 radical (unpaired) electrons. The molecule has 1 saturated heterocycles. The van der Waals surface area contributed by atoms with E-state index in [9.17, 15) is 14.7 Å². The fourth-order valence-corrected chi connectivity index (χ4v) is 3.60. The molecule has 5 nitrogen and oxygen atoms in total. The molecular weight excluding hydrogens is 288 g/mol. The van der Waals surface area contributed by atoms with Crippen LogP contribution in [0.25, 0.3) is 0 Å². The zero-order valence-electron chi connectivity index (χ0n) is 12.0. The van der Waals surface area contributed by atoms with Crippen LogP contribution in [-0.2, 0) is 4.79 Å². The van der Waals surface area contributed by atoms with E-state index in [1.807, 2.05) is 11.8 Å². The number of carbonyl (C=O) groups is 2. The molecule has 2 amide bonds. The lowest BCUT2D eigenvalue weighted by Gasteiger charge is -2.23. The maximum Gasteiger partial charge on any atom is 0.330 e. The predicted octanol–water partition coefficient (Wildman–Crippen LogP) is 2.40. The molecule has 114 valence electrons. The minimum absolute atomic E-state index is 0.0583. The van der Waals surface area contributed by atoms with Crippen molar-refractivity contribution in [3.63, 3.8) is 0 Å². The number of urea groups is 1. The molecular formula is C15H20N2O3S. The Hall–Kier alpha value is -1.69. The minimum atomic E-state index is -1.07. The molecule has 1 aliphatic heterocycles. The molecule has 0 spiro atoms. The van der Waals surface area contributed by atoms with Gasteiger partial charge in [-0.1, -0.05) is 30.3 Å². The lowest BCUT2D eigenvalue weighted by molar-refractivity contribution is -0.139. The molecule has 0 aromatic heterocycles. The van der Waals surface area contributed by atoms with Gasteiger partial charge in [0.05, 0.1) is 0 Å². The van der Waals surface area contributed by atoms with Crippen molar-refractivity contribution < 1.29 is 14.7 Å². The Balaban J connectivity index is 1.91. The highest BCUT2D eigenvalue weighted by Crippen LogP contribution is 2.36. The molecule has 1 fully saturated rings. The second kappa shape index (κ2) is 6.85. The van der Waals surface area contributed by atoms with Crippen LogP contribution < -0.4 is 10.6 Å². The number of carboxylic acid groups (broad SMARTS) is 1. The van der Waals surface area contributed by atoms with E-state index in [0.717, 1.165) is 18.6 Å². The molecule has 1 aromatic rings. The van der Waals surface area contributed by atoms with E-state index in [0.29, 0.717) is 12.1 Å². The first-order chi connectivity index (χ1) is 10.0. The van der Waals surface area contributed by atoms with Gasteiger partial charge in [0, 0.05) is 11.3 Å². The number of nitrogens with one attached hydrogen (secondary N) is 2. The zero-order valence-corrected chi connectivity index (χ0v) is 12.8. The Bertz CT molecular complexity index is 501. The van der Waals surface area contributed by atoms with Crippen LogP contribution in [0.1, 0.15) is 31.4 Å². The van der Waals surface area contributed by atoms with Crippen molar-refractivity contribution in [2.24, 2.45) is 0 Å². The second-order valence-corrected chi connectivity index (χ2v) is 7.09. The highest BCUT2D eigenvalue weighted by molar-refractivity contribution is 8.00. The summed E-state index contributed by atoms with van der Waals surface area (Å²) in [5.41, 5.74) is 0.557. The van der Waals surface area contributed by atoms with Crippen molar-refractivity contribution in [3.8, 4) is 0 Å². The van der Waals surface area contributed by atoms with Gasteiger partial charge in [-0.15, -0.1) is 0 Å². The lowest BCUT2D eigenvalue weighted by atomic mass is 10.1. The van der Waals surface area contributed by atoms with Gasteiger partial charge in [0.2, 0.25) is 0 Å². The maximum absolute atomic E-state index is 11.9. The Morgan fingerprint density at radius 2 is 2.10 bits per heavy atom. The Morgan fingerprint density at radius 3 is 2.67 bits per heavy atom. The molecule has 2 atom stereocenters. The summed E-state index contributed by atoms with van der Waals surface area (Å²) in [7, 11) is 0.